The minimum absolute atomic E-state index is 0.126. The largest absolute Gasteiger partial charge is 0.497 e. The van der Waals surface area contributed by atoms with Crippen molar-refractivity contribution in [3.05, 3.63) is 77.9 Å². The second kappa shape index (κ2) is 7.93. The van der Waals surface area contributed by atoms with Gasteiger partial charge >= 0.3 is 17.8 Å². The van der Waals surface area contributed by atoms with Crippen LogP contribution in [-0.2, 0) is 31.2 Å². The van der Waals surface area contributed by atoms with Crippen molar-refractivity contribution < 1.29 is 28.9 Å². The molecule has 0 amide bonds. The van der Waals surface area contributed by atoms with Gasteiger partial charge in [-0.2, -0.15) is 0 Å². The van der Waals surface area contributed by atoms with Gasteiger partial charge in [-0.3, -0.25) is 0 Å². The first-order valence-corrected chi connectivity index (χ1v) is 9.72. The van der Waals surface area contributed by atoms with Crippen LogP contribution in [0.2, 0.25) is 0 Å². The number of hydrogen-bond donors (Lipinski definition) is 1. The van der Waals surface area contributed by atoms with Crippen molar-refractivity contribution in [1.29, 1.82) is 0 Å². The van der Waals surface area contributed by atoms with E-state index in [2.05, 4.69) is 0 Å². The number of rotatable bonds is 4. The maximum atomic E-state index is 12.3. The highest BCUT2D eigenvalue weighted by Crippen LogP contribution is 2.44. The SMILES string of the molecule is COc1cccc(C2(O)CCN(Cc3ccccc3)C3(C2)OC(=O)C=CC(=O)O3)c1. The molecule has 0 aromatic heterocycles. The Morgan fingerprint density at radius 2 is 1.73 bits per heavy atom. The maximum Gasteiger partial charge on any atom is 0.335 e. The zero-order valence-electron chi connectivity index (χ0n) is 16.6. The van der Waals surface area contributed by atoms with Crippen LogP contribution < -0.4 is 4.74 Å². The van der Waals surface area contributed by atoms with Crippen LogP contribution in [0.3, 0.4) is 0 Å². The standard InChI is InChI=1S/C23H23NO6/c1-28-19-9-5-8-18(14-19)22(27)12-13-24(15-17-6-3-2-4-7-17)23(16-22)29-20(25)10-11-21(26)30-23/h2-11,14,27H,12-13,15-16H2,1H3. The Labute approximate surface area is 174 Å². The van der Waals surface area contributed by atoms with Gasteiger partial charge in [0.2, 0.25) is 0 Å². The van der Waals surface area contributed by atoms with Gasteiger partial charge in [-0.25, -0.2) is 14.5 Å². The zero-order chi connectivity index (χ0) is 21.2. The number of likely N-dealkylation sites (tertiary alicyclic amines) is 1. The van der Waals surface area contributed by atoms with Crippen molar-refractivity contribution in [3.8, 4) is 5.75 Å². The second-order valence-corrected chi connectivity index (χ2v) is 7.49. The van der Waals surface area contributed by atoms with Gasteiger partial charge in [0.05, 0.1) is 19.1 Å². The first kappa shape index (κ1) is 20.1. The number of esters is 2. The van der Waals surface area contributed by atoms with Gasteiger partial charge in [0.15, 0.2) is 0 Å². The summed E-state index contributed by atoms with van der Waals surface area (Å²) in [5.74, 6) is -2.54. The van der Waals surface area contributed by atoms with Crippen LogP contribution in [0.4, 0.5) is 0 Å². The van der Waals surface area contributed by atoms with Crippen LogP contribution in [0, 0.1) is 0 Å². The summed E-state index contributed by atoms with van der Waals surface area (Å²) >= 11 is 0. The van der Waals surface area contributed by atoms with Crippen molar-refractivity contribution in [1.82, 2.24) is 4.90 Å². The molecule has 156 valence electrons. The second-order valence-electron chi connectivity index (χ2n) is 7.49. The number of nitrogens with zero attached hydrogens (tertiary/aromatic N) is 1. The molecule has 2 aliphatic rings. The van der Waals surface area contributed by atoms with Crippen molar-refractivity contribution in [3.63, 3.8) is 0 Å². The highest BCUT2D eigenvalue weighted by atomic mass is 16.8. The molecular formula is C23H23NO6. The lowest BCUT2D eigenvalue weighted by Crippen LogP contribution is -2.61. The molecule has 0 bridgehead atoms. The van der Waals surface area contributed by atoms with Crippen LogP contribution in [0.5, 0.6) is 5.75 Å². The van der Waals surface area contributed by atoms with Gasteiger partial charge in [0.1, 0.15) is 5.75 Å². The van der Waals surface area contributed by atoms with E-state index in [0.717, 1.165) is 17.7 Å². The Morgan fingerprint density at radius 1 is 1.03 bits per heavy atom. The fraction of sp³-hybridized carbons (Fsp3) is 0.304. The Hall–Kier alpha value is -3.16. The molecule has 2 aromatic carbocycles. The van der Waals surface area contributed by atoms with E-state index in [4.69, 9.17) is 14.2 Å². The quantitative estimate of drug-likeness (QED) is 0.777. The van der Waals surface area contributed by atoms with Gasteiger partial charge in [-0.1, -0.05) is 42.5 Å². The van der Waals surface area contributed by atoms with Crippen molar-refractivity contribution in [2.45, 2.75) is 30.9 Å². The van der Waals surface area contributed by atoms with Gasteiger partial charge < -0.3 is 19.3 Å². The third kappa shape index (κ3) is 3.94. The highest BCUT2D eigenvalue weighted by Gasteiger charge is 2.55. The smallest absolute Gasteiger partial charge is 0.335 e. The molecule has 2 aromatic rings. The van der Waals surface area contributed by atoms with E-state index in [1.807, 2.05) is 30.3 Å². The van der Waals surface area contributed by atoms with Crippen LogP contribution in [0.15, 0.2) is 66.7 Å². The average Bonchev–Trinajstić information content (AvgIpc) is 2.89. The normalized spacial score (nSPS) is 23.5. The zero-order valence-corrected chi connectivity index (χ0v) is 16.6. The lowest BCUT2D eigenvalue weighted by atomic mass is 9.82. The predicted molar refractivity (Wildman–Crippen MR) is 107 cm³/mol. The summed E-state index contributed by atoms with van der Waals surface area (Å²) in [6, 6.07) is 16.7. The minimum atomic E-state index is -1.73. The number of carbonyl (C=O) groups excluding carboxylic acids is 2. The first-order valence-electron chi connectivity index (χ1n) is 9.72. The number of ether oxygens (including phenoxy) is 3. The van der Waals surface area contributed by atoms with Crippen LogP contribution >= 0.6 is 0 Å². The maximum absolute atomic E-state index is 12.3. The van der Waals surface area contributed by atoms with E-state index < -0.39 is 23.5 Å². The van der Waals surface area contributed by atoms with Crippen molar-refractivity contribution in [2.24, 2.45) is 0 Å². The Morgan fingerprint density at radius 3 is 2.40 bits per heavy atom. The number of piperidine rings is 1. The molecule has 7 nitrogen and oxygen atoms in total. The summed E-state index contributed by atoms with van der Waals surface area (Å²) in [7, 11) is 1.55. The molecule has 1 N–H and O–H groups in total. The molecule has 7 heteroatoms. The number of methoxy groups -OCH3 is 1. The van der Waals surface area contributed by atoms with Gasteiger partial charge in [0, 0.05) is 25.2 Å². The molecule has 1 fully saturated rings. The molecular weight excluding hydrogens is 386 g/mol. The van der Waals surface area contributed by atoms with E-state index in [1.165, 1.54) is 0 Å². The van der Waals surface area contributed by atoms with Crippen LogP contribution in [-0.4, -0.2) is 41.5 Å². The molecule has 30 heavy (non-hydrogen) atoms. The van der Waals surface area contributed by atoms with E-state index in [9.17, 15) is 14.7 Å². The summed E-state index contributed by atoms with van der Waals surface area (Å²) in [6.07, 6.45) is 2.31. The van der Waals surface area contributed by atoms with Gasteiger partial charge in [0.25, 0.3) is 0 Å². The third-order valence-electron chi connectivity index (χ3n) is 5.49. The molecule has 2 aliphatic heterocycles. The molecule has 0 radical (unpaired) electrons. The van der Waals surface area contributed by atoms with Crippen LogP contribution in [0.25, 0.3) is 0 Å². The van der Waals surface area contributed by atoms with Gasteiger partial charge in [-0.15, -0.1) is 0 Å². The Balaban J connectivity index is 1.72. The first-order chi connectivity index (χ1) is 14.4. The Bertz CT molecular complexity index is 953. The fourth-order valence-corrected chi connectivity index (χ4v) is 3.96. The summed E-state index contributed by atoms with van der Waals surface area (Å²) in [5, 5.41) is 11.5. The summed E-state index contributed by atoms with van der Waals surface area (Å²) in [4.78, 5) is 26.3. The van der Waals surface area contributed by atoms with Crippen molar-refractivity contribution >= 4 is 11.9 Å². The molecule has 1 saturated heterocycles. The summed E-state index contributed by atoms with van der Waals surface area (Å²) < 4.78 is 16.5. The number of aliphatic hydroxyl groups is 1. The van der Waals surface area contributed by atoms with E-state index in [0.29, 0.717) is 30.8 Å². The molecule has 1 spiro atoms. The van der Waals surface area contributed by atoms with E-state index in [-0.39, 0.29) is 6.42 Å². The van der Waals surface area contributed by atoms with Crippen LogP contribution in [0.1, 0.15) is 24.0 Å². The number of carbonyl (C=O) groups is 2. The molecule has 4 rings (SSSR count). The minimum Gasteiger partial charge on any atom is -0.497 e. The molecule has 1 unspecified atom stereocenters. The molecule has 0 saturated carbocycles. The number of hydrogen-bond acceptors (Lipinski definition) is 7. The summed E-state index contributed by atoms with van der Waals surface area (Å²) in [6.45, 7) is 0.721. The third-order valence-corrected chi connectivity index (χ3v) is 5.49. The average molecular weight is 409 g/mol. The Kier molecular flexibility index (Phi) is 5.32. The fourth-order valence-electron chi connectivity index (χ4n) is 3.96. The monoisotopic (exact) mass is 409 g/mol. The number of benzene rings is 2. The topological polar surface area (TPSA) is 85.3 Å². The molecule has 2 heterocycles. The van der Waals surface area contributed by atoms with Gasteiger partial charge in [-0.05, 0) is 29.7 Å². The lowest BCUT2D eigenvalue weighted by molar-refractivity contribution is -0.320. The lowest BCUT2D eigenvalue weighted by Gasteiger charge is -2.49. The predicted octanol–water partition coefficient (Wildman–Crippen LogP) is 2.49. The highest BCUT2D eigenvalue weighted by molar-refractivity contribution is 5.93. The van der Waals surface area contributed by atoms with E-state index in [1.54, 1.807) is 36.3 Å². The van der Waals surface area contributed by atoms with Crippen molar-refractivity contribution in [2.75, 3.05) is 13.7 Å². The summed E-state index contributed by atoms with van der Waals surface area (Å²) in [5.41, 5.74) is 0.185. The molecule has 0 aliphatic carbocycles. The molecule has 1 atom stereocenters. The van der Waals surface area contributed by atoms with E-state index >= 15 is 0 Å².